The van der Waals surface area contributed by atoms with E-state index < -0.39 is 5.97 Å². The summed E-state index contributed by atoms with van der Waals surface area (Å²) in [6.07, 6.45) is 3.59. The molecule has 8 nitrogen and oxygen atoms in total. The monoisotopic (exact) mass is 371 g/mol. The van der Waals surface area contributed by atoms with E-state index in [2.05, 4.69) is 20.5 Å². The third kappa shape index (κ3) is 4.33. The minimum atomic E-state index is -0.808. The van der Waals surface area contributed by atoms with Gasteiger partial charge in [-0.1, -0.05) is 0 Å². The van der Waals surface area contributed by atoms with Gasteiger partial charge in [0.25, 0.3) is 0 Å². The molecule has 1 aliphatic heterocycles. The first-order valence-corrected chi connectivity index (χ1v) is 9.05. The number of hydrogen-bond acceptors (Lipinski definition) is 7. The van der Waals surface area contributed by atoms with Gasteiger partial charge >= 0.3 is 5.97 Å². The predicted octanol–water partition coefficient (Wildman–Crippen LogP) is 2.13. The molecule has 0 radical (unpaired) electrons. The molecule has 0 saturated carbocycles. The van der Waals surface area contributed by atoms with Crippen LogP contribution in [0, 0.1) is 20.8 Å². The molecule has 0 amide bonds. The van der Waals surface area contributed by atoms with Gasteiger partial charge in [-0.15, -0.1) is 10.2 Å². The van der Waals surface area contributed by atoms with Gasteiger partial charge in [0.05, 0.1) is 6.54 Å². The number of likely N-dealkylation sites (tertiary alicyclic amines) is 1. The highest BCUT2D eigenvalue weighted by molar-refractivity contribution is 5.69. The molecule has 1 aliphatic rings. The van der Waals surface area contributed by atoms with Gasteiger partial charge in [0, 0.05) is 18.8 Å². The number of aromatic hydroxyl groups is 1. The molecule has 1 saturated heterocycles. The first-order valence-electron chi connectivity index (χ1n) is 9.05. The number of aromatic nitrogens is 3. The molecular formula is C19H25N5O3. The van der Waals surface area contributed by atoms with Crippen LogP contribution in [-0.4, -0.2) is 61.9 Å². The van der Waals surface area contributed by atoms with Crippen LogP contribution in [0.25, 0.3) is 11.4 Å². The van der Waals surface area contributed by atoms with Crippen LogP contribution in [0.1, 0.15) is 29.5 Å². The molecule has 27 heavy (non-hydrogen) atoms. The van der Waals surface area contributed by atoms with Crippen molar-refractivity contribution in [3.63, 3.8) is 0 Å². The van der Waals surface area contributed by atoms with Crippen molar-refractivity contribution < 1.29 is 15.0 Å². The van der Waals surface area contributed by atoms with Crippen LogP contribution in [0.3, 0.4) is 0 Å². The fourth-order valence-electron chi connectivity index (χ4n) is 3.41. The number of anilines is 1. The Labute approximate surface area is 158 Å². The van der Waals surface area contributed by atoms with Crippen LogP contribution in [-0.2, 0) is 4.79 Å². The Bertz CT molecular complexity index is 855. The summed E-state index contributed by atoms with van der Waals surface area (Å²) in [5, 5.41) is 31.2. The Morgan fingerprint density at radius 2 is 2.04 bits per heavy atom. The topological polar surface area (TPSA) is 111 Å². The molecular weight excluding hydrogens is 346 g/mol. The zero-order valence-corrected chi connectivity index (χ0v) is 15.9. The SMILES string of the molecule is Cc1cnc(-c2nnc(NC3CCCN(CC(=O)O)C3)c(C)c2C)c(O)c1. The van der Waals surface area contributed by atoms with E-state index in [-0.39, 0.29) is 18.3 Å². The molecule has 8 heteroatoms. The highest BCUT2D eigenvalue weighted by Gasteiger charge is 2.23. The van der Waals surface area contributed by atoms with Crippen LogP contribution in [0.15, 0.2) is 12.3 Å². The second-order valence-electron chi connectivity index (χ2n) is 7.14. The quantitative estimate of drug-likeness (QED) is 0.733. The summed E-state index contributed by atoms with van der Waals surface area (Å²) in [7, 11) is 0. The van der Waals surface area contributed by atoms with E-state index in [1.807, 2.05) is 25.7 Å². The molecule has 3 rings (SSSR count). The lowest BCUT2D eigenvalue weighted by Gasteiger charge is -2.32. The van der Waals surface area contributed by atoms with E-state index in [4.69, 9.17) is 5.11 Å². The number of carbonyl (C=O) groups is 1. The first kappa shape index (κ1) is 19.0. The van der Waals surface area contributed by atoms with Crippen molar-refractivity contribution in [1.29, 1.82) is 0 Å². The average molecular weight is 371 g/mol. The summed E-state index contributed by atoms with van der Waals surface area (Å²) in [5.41, 5.74) is 3.70. The van der Waals surface area contributed by atoms with Gasteiger partial charge in [-0.25, -0.2) is 0 Å². The molecule has 3 heterocycles. The minimum Gasteiger partial charge on any atom is -0.506 e. The first-order chi connectivity index (χ1) is 12.8. The number of carboxylic acids is 1. The number of rotatable bonds is 5. The fourth-order valence-corrected chi connectivity index (χ4v) is 3.41. The van der Waals surface area contributed by atoms with Crippen molar-refractivity contribution in [2.45, 2.75) is 39.7 Å². The Morgan fingerprint density at radius 3 is 2.74 bits per heavy atom. The third-order valence-corrected chi connectivity index (χ3v) is 4.96. The zero-order chi connectivity index (χ0) is 19.6. The highest BCUT2D eigenvalue weighted by atomic mass is 16.4. The van der Waals surface area contributed by atoms with Gasteiger partial charge in [0.15, 0.2) is 5.82 Å². The van der Waals surface area contributed by atoms with E-state index in [0.29, 0.717) is 23.8 Å². The number of aryl methyl sites for hydroxylation is 1. The Kier molecular flexibility index (Phi) is 5.55. The highest BCUT2D eigenvalue weighted by Crippen LogP contribution is 2.31. The fraction of sp³-hybridized carbons (Fsp3) is 0.474. The number of carboxylic acid groups (broad SMARTS) is 1. The van der Waals surface area contributed by atoms with Crippen LogP contribution >= 0.6 is 0 Å². The molecule has 144 valence electrons. The van der Waals surface area contributed by atoms with E-state index in [1.165, 1.54) is 0 Å². The van der Waals surface area contributed by atoms with Gasteiger partial charge in [0.2, 0.25) is 0 Å². The summed E-state index contributed by atoms with van der Waals surface area (Å²) >= 11 is 0. The van der Waals surface area contributed by atoms with Crippen LogP contribution in [0.5, 0.6) is 5.75 Å². The molecule has 2 aromatic rings. The Balaban J connectivity index is 1.80. The lowest BCUT2D eigenvalue weighted by molar-refractivity contribution is -0.138. The normalized spacial score (nSPS) is 17.7. The van der Waals surface area contributed by atoms with Gasteiger partial charge in [-0.2, -0.15) is 0 Å². The number of hydrogen-bond donors (Lipinski definition) is 3. The lowest BCUT2D eigenvalue weighted by Crippen LogP contribution is -2.44. The van der Waals surface area contributed by atoms with Gasteiger partial charge < -0.3 is 15.5 Å². The molecule has 0 spiro atoms. The third-order valence-electron chi connectivity index (χ3n) is 4.96. The molecule has 0 bridgehead atoms. The minimum absolute atomic E-state index is 0.0547. The standard InChI is InChI=1S/C19H25N5O3/c1-11-7-15(25)18(20-8-11)17-12(2)13(3)19(23-22-17)21-14-5-4-6-24(9-14)10-16(26)27/h7-8,14,25H,4-6,9-10H2,1-3H3,(H,21,23)(H,26,27). The maximum Gasteiger partial charge on any atom is 0.317 e. The van der Waals surface area contributed by atoms with Crippen LogP contribution in [0.4, 0.5) is 5.82 Å². The van der Waals surface area contributed by atoms with Crippen LogP contribution < -0.4 is 5.32 Å². The van der Waals surface area contributed by atoms with Crippen molar-refractivity contribution in [2.75, 3.05) is 25.0 Å². The maximum atomic E-state index is 10.9. The van der Waals surface area contributed by atoms with Crippen molar-refractivity contribution in [1.82, 2.24) is 20.1 Å². The number of piperidine rings is 1. The zero-order valence-electron chi connectivity index (χ0n) is 15.9. The summed E-state index contributed by atoms with van der Waals surface area (Å²) < 4.78 is 0. The summed E-state index contributed by atoms with van der Waals surface area (Å²) in [5.74, 6) is -0.0358. The van der Waals surface area contributed by atoms with E-state index >= 15 is 0 Å². The molecule has 2 aromatic heterocycles. The predicted molar refractivity (Wildman–Crippen MR) is 102 cm³/mol. The lowest BCUT2D eigenvalue weighted by atomic mass is 10.0. The largest absolute Gasteiger partial charge is 0.506 e. The summed E-state index contributed by atoms with van der Waals surface area (Å²) in [6.45, 7) is 7.27. The van der Waals surface area contributed by atoms with Gasteiger partial charge in [0.1, 0.15) is 17.1 Å². The van der Waals surface area contributed by atoms with Crippen molar-refractivity contribution in [3.8, 4) is 17.1 Å². The number of nitrogens with zero attached hydrogens (tertiary/aromatic N) is 4. The smallest absolute Gasteiger partial charge is 0.317 e. The van der Waals surface area contributed by atoms with Crippen LogP contribution in [0.2, 0.25) is 0 Å². The second kappa shape index (κ2) is 7.87. The maximum absolute atomic E-state index is 10.9. The van der Waals surface area contributed by atoms with E-state index in [0.717, 1.165) is 36.1 Å². The number of nitrogens with one attached hydrogen (secondary N) is 1. The Morgan fingerprint density at radius 1 is 1.26 bits per heavy atom. The van der Waals surface area contributed by atoms with E-state index in [1.54, 1.807) is 12.3 Å². The van der Waals surface area contributed by atoms with E-state index in [9.17, 15) is 9.90 Å². The molecule has 3 N–H and O–H groups in total. The summed E-state index contributed by atoms with van der Waals surface area (Å²) in [6, 6.07) is 1.78. The Hall–Kier alpha value is -2.74. The van der Waals surface area contributed by atoms with Crippen molar-refractivity contribution in [3.05, 3.63) is 29.0 Å². The molecule has 1 atom stereocenters. The van der Waals surface area contributed by atoms with Crippen molar-refractivity contribution >= 4 is 11.8 Å². The van der Waals surface area contributed by atoms with Crippen molar-refractivity contribution in [2.24, 2.45) is 0 Å². The summed E-state index contributed by atoms with van der Waals surface area (Å²) in [4.78, 5) is 17.2. The molecule has 0 aliphatic carbocycles. The number of aliphatic carboxylic acids is 1. The molecule has 1 fully saturated rings. The van der Waals surface area contributed by atoms with Gasteiger partial charge in [-0.05, 0) is 62.9 Å². The van der Waals surface area contributed by atoms with Gasteiger partial charge in [-0.3, -0.25) is 14.7 Å². The molecule has 1 unspecified atom stereocenters. The number of pyridine rings is 1. The molecule has 0 aromatic carbocycles. The second-order valence-corrected chi connectivity index (χ2v) is 7.14. The average Bonchev–Trinajstić information content (AvgIpc) is 2.60.